The summed E-state index contributed by atoms with van der Waals surface area (Å²) in [7, 11) is -0.172. The Morgan fingerprint density at radius 3 is 2.59 bits per heavy atom. The molecule has 3 heterocycles. The SMILES string of the molecule is Cc1cc2nccc(C3CCN(S(=O)(=O)N(C)C)CC3)n2n1. The lowest BCUT2D eigenvalue weighted by atomic mass is 9.94. The fraction of sp³-hybridized carbons (Fsp3) is 0.571. The Balaban J connectivity index is 1.81. The fourth-order valence-corrected chi connectivity index (χ4v) is 4.08. The third-order valence-corrected chi connectivity index (χ3v) is 6.11. The van der Waals surface area contributed by atoms with Gasteiger partial charge in [0, 0.05) is 51.1 Å². The van der Waals surface area contributed by atoms with E-state index in [1.54, 1.807) is 24.6 Å². The number of piperidine rings is 1. The summed E-state index contributed by atoms with van der Waals surface area (Å²) in [5.74, 6) is 0.304. The largest absolute Gasteiger partial charge is 0.281 e. The molecular formula is C14H21N5O2S. The number of rotatable bonds is 3. The van der Waals surface area contributed by atoms with Crippen LogP contribution in [0.5, 0.6) is 0 Å². The molecule has 0 bridgehead atoms. The number of fused-ring (bicyclic) bond motifs is 1. The maximum absolute atomic E-state index is 12.2. The molecule has 1 aliphatic rings. The van der Waals surface area contributed by atoms with Crippen molar-refractivity contribution >= 4 is 15.9 Å². The van der Waals surface area contributed by atoms with Gasteiger partial charge in [-0.15, -0.1) is 0 Å². The van der Waals surface area contributed by atoms with E-state index in [9.17, 15) is 8.42 Å². The van der Waals surface area contributed by atoms with E-state index >= 15 is 0 Å². The number of aromatic nitrogens is 3. The molecule has 2 aromatic heterocycles. The van der Waals surface area contributed by atoms with E-state index in [-0.39, 0.29) is 0 Å². The summed E-state index contributed by atoms with van der Waals surface area (Å²) in [6, 6.07) is 3.94. The first-order valence-electron chi connectivity index (χ1n) is 7.38. The Hall–Kier alpha value is -1.51. The lowest BCUT2D eigenvalue weighted by Crippen LogP contribution is -2.44. The first-order valence-corrected chi connectivity index (χ1v) is 8.78. The predicted octanol–water partition coefficient (Wildman–Crippen LogP) is 1.02. The van der Waals surface area contributed by atoms with Gasteiger partial charge in [0.25, 0.3) is 10.2 Å². The Morgan fingerprint density at radius 1 is 1.27 bits per heavy atom. The molecule has 120 valence electrons. The van der Waals surface area contributed by atoms with Gasteiger partial charge in [0.1, 0.15) is 0 Å². The van der Waals surface area contributed by atoms with Crippen molar-refractivity contribution in [1.82, 2.24) is 23.2 Å². The molecule has 7 nitrogen and oxygen atoms in total. The van der Waals surface area contributed by atoms with Crippen molar-refractivity contribution in [1.29, 1.82) is 0 Å². The highest BCUT2D eigenvalue weighted by molar-refractivity contribution is 7.86. The first kappa shape index (κ1) is 15.4. The average molecular weight is 323 g/mol. The van der Waals surface area contributed by atoms with Gasteiger partial charge >= 0.3 is 0 Å². The molecule has 2 aromatic rings. The van der Waals surface area contributed by atoms with Gasteiger partial charge < -0.3 is 0 Å². The van der Waals surface area contributed by atoms with Crippen LogP contribution in [-0.2, 0) is 10.2 Å². The summed E-state index contributed by atoms with van der Waals surface area (Å²) in [6.07, 6.45) is 3.39. The molecule has 0 spiro atoms. The Kier molecular flexibility index (Phi) is 3.92. The Bertz CT molecular complexity index is 776. The highest BCUT2D eigenvalue weighted by atomic mass is 32.2. The van der Waals surface area contributed by atoms with Gasteiger partial charge in [-0.05, 0) is 25.8 Å². The maximum Gasteiger partial charge on any atom is 0.281 e. The van der Waals surface area contributed by atoms with Crippen LogP contribution in [0, 0.1) is 6.92 Å². The zero-order valence-electron chi connectivity index (χ0n) is 13.1. The molecule has 0 saturated carbocycles. The fourth-order valence-electron chi connectivity index (χ4n) is 2.95. The topological polar surface area (TPSA) is 70.8 Å². The Labute approximate surface area is 130 Å². The van der Waals surface area contributed by atoms with Gasteiger partial charge in [0.2, 0.25) is 0 Å². The summed E-state index contributed by atoms with van der Waals surface area (Å²) < 4.78 is 29.0. The molecule has 0 amide bonds. The van der Waals surface area contributed by atoms with Crippen molar-refractivity contribution in [2.45, 2.75) is 25.7 Å². The van der Waals surface area contributed by atoms with Crippen molar-refractivity contribution in [2.24, 2.45) is 0 Å². The van der Waals surface area contributed by atoms with E-state index in [1.807, 2.05) is 23.6 Å². The molecule has 0 atom stereocenters. The van der Waals surface area contributed by atoms with E-state index in [4.69, 9.17) is 0 Å². The second-order valence-electron chi connectivity index (χ2n) is 5.89. The summed E-state index contributed by atoms with van der Waals surface area (Å²) >= 11 is 0. The monoisotopic (exact) mass is 323 g/mol. The highest BCUT2D eigenvalue weighted by Gasteiger charge is 2.31. The van der Waals surface area contributed by atoms with Crippen LogP contribution in [-0.4, -0.2) is 58.8 Å². The van der Waals surface area contributed by atoms with E-state index in [0.717, 1.165) is 29.9 Å². The van der Waals surface area contributed by atoms with Gasteiger partial charge in [-0.3, -0.25) is 0 Å². The van der Waals surface area contributed by atoms with E-state index < -0.39 is 10.2 Å². The van der Waals surface area contributed by atoms with Crippen molar-refractivity contribution in [3.8, 4) is 0 Å². The minimum absolute atomic E-state index is 0.304. The Morgan fingerprint density at radius 2 is 1.95 bits per heavy atom. The molecule has 8 heteroatoms. The smallest absolute Gasteiger partial charge is 0.237 e. The minimum atomic E-state index is -3.31. The summed E-state index contributed by atoms with van der Waals surface area (Å²) in [5, 5.41) is 4.50. The molecule has 22 heavy (non-hydrogen) atoms. The summed E-state index contributed by atoms with van der Waals surface area (Å²) in [5.41, 5.74) is 2.89. The molecule has 1 saturated heterocycles. The third kappa shape index (κ3) is 2.62. The van der Waals surface area contributed by atoms with E-state index in [2.05, 4.69) is 10.1 Å². The number of aryl methyl sites for hydroxylation is 1. The second kappa shape index (κ2) is 5.60. The first-order chi connectivity index (χ1) is 10.4. The van der Waals surface area contributed by atoms with Gasteiger partial charge in [0.15, 0.2) is 5.65 Å². The number of hydrogen-bond acceptors (Lipinski definition) is 4. The summed E-state index contributed by atoms with van der Waals surface area (Å²) in [4.78, 5) is 4.32. The van der Waals surface area contributed by atoms with E-state index in [0.29, 0.717) is 19.0 Å². The lowest BCUT2D eigenvalue weighted by molar-refractivity contribution is 0.298. The number of hydrogen-bond donors (Lipinski definition) is 0. The number of nitrogens with zero attached hydrogens (tertiary/aromatic N) is 5. The summed E-state index contributed by atoms with van der Waals surface area (Å²) in [6.45, 7) is 3.02. The quantitative estimate of drug-likeness (QED) is 0.846. The van der Waals surface area contributed by atoms with Crippen LogP contribution in [0.25, 0.3) is 5.65 Å². The van der Waals surface area contributed by atoms with Crippen molar-refractivity contribution < 1.29 is 8.42 Å². The van der Waals surface area contributed by atoms with Gasteiger partial charge in [-0.25, -0.2) is 9.50 Å². The zero-order valence-corrected chi connectivity index (χ0v) is 13.9. The lowest BCUT2D eigenvalue weighted by Gasteiger charge is -2.32. The van der Waals surface area contributed by atoms with Crippen molar-refractivity contribution in [3.63, 3.8) is 0 Å². The predicted molar refractivity (Wildman–Crippen MR) is 83.9 cm³/mol. The van der Waals surface area contributed by atoms with Gasteiger partial charge in [-0.2, -0.15) is 22.1 Å². The van der Waals surface area contributed by atoms with Crippen LogP contribution < -0.4 is 0 Å². The molecule has 0 aromatic carbocycles. The van der Waals surface area contributed by atoms with Crippen LogP contribution in [0.1, 0.15) is 30.1 Å². The van der Waals surface area contributed by atoms with Crippen LogP contribution in [0.15, 0.2) is 18.3 Å². The van der Waals surface area contributed by atoms with Crippen molar-refractivity contribution in [2.75, 3.05) is 27.2 Å². The molecule has 0 N–H and O–H groups in total. The van der Waals surface area contributed by atoms with Gasteiger partial charge in [-0.1, -0.05) is 0 Å². The average Bonchev–Trinajstić information content (AvgIpc) is 2.87. The van der Waals surface area contributed by atoms with Crippen LogP contribution in [0.3, 0.4) is 0 Å². The molecule has 3 rings (SSSR count). The molecule has 1 fully saturated rings. The van der Waals surface area contributed by atoms with Crippen LogP contribution in [0.2, 0.25) is 0 Å². The molecule has 1 aliphatic heterocycles. The molecule has 0 radical (unpaired) electrons. The molecule has 0 unspecified atom stereocenters. The van der Waals surface area contributed by atoms with Crippen molar-refractivity contribution in [3.05, 3.63) is 29.7 Å². The highest BCUT2D eigenvalue weighted by Crippen LogP contribution is 2.29. The maximum atomic E-state index is 12.2. The molecule has 0 aliphatic carbocycles. The zero-order chi connectivity index (χ0) is 15.9. The van der Waals surface area contributed by atoms with Gasteiger partial charge in [0.05, 0.1) is 5.69 Å². The normalized spacial score (nSPS) is 18.4. The second-order valence-corrected chi connectivity index (χ2v) is 8.03. The van der Waals surface area contributed by atoms with Crippen LogP contribution in [0.4, 0.5) is 0 Å². The third-order valence-electron chi connectivity index (χ3n) is 4.17. The molecular weight excluding hydrogens is 302 g/mol. The minimum Gasteiger partial charge on any atom is -0.237 e. The van der Waals surface area contributed by atoms with Crippen LogP contribution >= 0.6 is 0 Å². The van der Waals surface area contributed by atoms with E-state index in [1.165, 1.54) is 4.31 Å². The standard InChI is InChI=1S/C14H21N5O2S/c1-11-10-14-15-7-4-13(19(14)16-11)12-5-8-18(9-6-12)22(20,21)17(2)3/h4,7,10,12H,5-6,8-9H2,1-3H3.